The minimum Gasteiger partial charge on any atom is -0.494 e. The minimum atomic E-state index is 0.606. The Hall–Kier alpha value is -1.28. The first-order valence-electron chi connectivity index (χ1n) is 5.99. The molecule has 0 fully saturated rings. The normalized spacial score (nSPS) is 15.6. The highest BCUT2D eigenvalue weighted by atomic mass is 16.5. The van der Waals surface area contributed by atoms with Crippen LogP contribution in [0, 0.1) is 0 Å². The fraction of sp³-hybridized carbons (Fsp3) is 0.429. The molecular formula is C14H19NO. The van der Waals surface area contributed by atoms with E-state index in [1.54, 1.807) is 0 Å². The number of hydrogen-bond donors (Lipinski definition) is 1. The molecule has 0 saturated carbocycles. The Labute approximate surface area is 97.3 Å². The summed E-state index contributed by atoms with van der Waals surface area (Å²) in [6.45, 7) is 3.63. The van der Waals surface area contributed by atoms with E-state index in [9.17, 15) is 0 Å². The lowest BCUT2D eigenvalue weighted by molar-refractivity contribution is 0.334. The van der Waals surface area contributed by atoms with Gasteiger partial charge in [-0.15, -0.1) is 0 Å². The van der Waals surface area contributed by atoms with Crippen LogP contribution in [0.15, 0.2) is 36.4 Å². The third kappa shape index (κ3) is 2.86. The van der Waals surface area contributed by atoms with Gasteiger partial charge in [-0.1, -0.05) is 30.4 Å². The van der Waals surface area contributed by atoms with Crippen molar-refractivity contribution < 1.29 is 4.74 Å². The van der Waals surface area contributed by atoms with Gasteiger partial charge in [0.05, 0.1) is 6.61 Å². The molecule has 1 aliphatic rings. The number of rotatable bonds is 5. The Bertz CT molecular complexity index is 352. The molecule has 1 aromatic carbocycles. The third-order valence-corrected chi connectivity index (χ3v) is 2.86. The fourth-order valence-electron chi connectivity index (χ4n) is 1.98. The van der Waals surface area contributed by atoms with Gasteiger partial charge in [-0.2, -0.15) is 0 Å². The molecule has 0 heterocycles. The summed E-state index contributed by atoms with van der Waals surface area (Å²) in [5.41, 5.74) is 1.25. The number of nitrogens with one attached hydrogen (secondary N) is 1. The summed E-state index contributed by atoms with van der Waals surface area (Å²) in [5, 5.41) is 3.55. The zero-order valence-electron chi connectivity index (χ0n) is 9.78. The maximum atomic E-state index is 5.60. The zero-order valence-corrected chi connectivity index (χ0v) is 9.78. The van der Waals surface area contributed by atoms with Gasteiger partial charge in [-0.05, 0) is 25.8 Å². The van der Waals surface area contributed by atoms with Gasteiger partial charge in [-0.3, -0.25) is 0 Å². The van der Waals surface area contributed by atoms with Crippen LogP contribution in [0.3, 0.4) is 0 Å². The lowest BCUT2D eigenvalue weighted by Gasteiger charge is -2.14. The molecular weight excluding hydrogens is 198 g/mol. The Balaban J connectivity index is 1.92. The molecule has 0 saturated heterocycles. The Kier molecular flexibility index (Phi) is 4.00. The van der Waals surface area contributed by atoms with Gasteiger partial charge >= 0.3 is 0 Å². The van der Waals surface area contributed by atoms with Crippen LogP contribution in [0.25, 0.3) is 0 Å². The summed E-state index contributed by atoms with van der Waals surface area (Å²) in [5.74, 6) is 1.00. The van der Waals surface area contributed by atoms with E-state index < -0.39 is 0 Å². The molecule has 2 rings (SSSR count). The van der Waals surface area contributed by atoms with Crippen LogP contribution in [0.2, 0.25) is 0 Å². The van der Waals surface area contributed by atoms with Crippen molar-refractivity contribution in [2.24, 2.45) is 0 Å². The van der Waals surface area contributed by atoms with Crippen molar-refractivity contribution in [2.75, 3.05) is 6.61 Å². The molecule has 16 heavy (non-hydrogen) atoms. The molecule has 0 unspecified atom stereocenters. The monoisotopic (exact) mass is 217 g/mol. The number of ether oxygens (including phenoxy) is 1. The molecule has 1 aromatic rings. The molecule has 0 atom stereocenters. The van der Waals surface area contributed by atoms with E-state index in [2.05, 4.69) is 29.6 Å². The predicted molar refractivity (Wildman–Crippen MR) is 66.6 cm³/mol. The molecule has 0 radical (unpaired) electrons. The van der Waals surface area contributed by atoms with E-state index in [1.165, 1.54) is 5.56 Å². The number of hydrogen-bond acceptors (Lipinski definition) is 2. The molecule has 1 aliphatic carbocycles. The molecule has 0 aromatic heterocycles. The van der Waals surface area contributed by atoms with Crippen LogP contribution in [-0.4, -0.2) is 12.6 Å². The molecule has 1 N–H and O–H groups in total. The van der Waals surface area contributed by atoms with Crippen LogP contribution in [0.1, 0.15) is 25.3 Å². The molecule has 0 bridgehead atoms. The van der Waals surface area contributed by atoms with E-state index >= 15 is 0 Å². The van der Waals surface area contributed by atoms with Crippen LogP contribution in [0.4, 0.5) is 0 Å². The highest BCUT2D eigenvalue weighted by molar-refractivity contribution is 5.33. The van der Waals surface area contributed by atoms with Crippen molar-refractivity contribution in [1.29, 1.82) is 0 Å². The predicted octanol–water partition coefficient (Wildman–Crippen LogP) is 2.89. The molecule has 86 valence electrons. The van der Waals surface area contributed by atoms with Crippen molar-refractivity contribution in [3.8, 4) is 5.75 Å². The maximum absolute atomic E-state index is 5.60. The van der Waals surface area contributed by atoms with Gasteiger partial charge in [0, 0.05) is 18.2 Å². The summed E-state index contributed by atoms with van der Waals surface area (Å²) in [4.78, 5) is 0. The van der Waals surface area contributed by atoms with Crippen molar-refractivity contribution in [3.05, 3.63) is 42.0 Å². The lowest BCUT2D eigenvalue weighted by atomic mass is 10.1. The second kappa shape index (κ2) is 5.71. The minimum absolute atomic E-state index is 0.606. The van der Waals surface area contributed by atoms with Gasteiger partial charge in [0.15, 0.2) is 0 Å². The fourth-order valence-corrected chi connectivity index (χ4v) is 1.98. The molecule has 2 heteroatoms. The van der Waals surface area contributed by atoms with Crippen LogP contribution < -0.4 is 10.1 Å². The quantitative estimate of drug-likeness (QED) is 0.766. The Morgan fingerprint density at radius 2 is 2.00 bits per heavy atom. The maximum Gasteiger partial charge on any atom is 0.123 e. The second-order valence-electron chi connectivity index (χ2n) is 4.06. The SMILES string of the molecule is CCOc1ccccc1CNC1CC=CC1. The highest BCUT2D eigenvalue weighted by Crippen LogP contribution is 2.18. The van der Waals surface area contributed by atoms with Crippen molar-refractivity contribution in [3.63, 3.8) is 0 Å². The van der Waals surface area contributed by atoms with Gasteiger partial charge < -0.3 is 10.1 Å². The second-order valence-corrected chi connectivity index (χ2v) is 4.06. The molecule has 0 spiro atoms. The van der Waals surface area contributed by atoms with E-state index in [4.69, 9.17) is 4.74 Å². The summed E-state index contributed by atoms with van der Waals surface area (Å²) in [6, 6.07) is 8.85. The van der Waals surface area contributed by atoms with E-state index in [0.29, 0.717) is 6.04 Å². The van der Waals surface area contributed by atoms with Crippen molar-refractivity contribution in [2.45, 2.75) is 32.4 Å². The smallest absolute Gasteiger partial charge is 0.123 e. The first-order valence-corrected chi connectivity index (χ1v) is 5.99. The molecule has 0 amide bonds. The number of benzene rings is 1. The summed E-state index contributed by atoms with van der Waals surface area (Å²) in [7, 11) is 0. The van der Waals surface area contributed by atoms with Crippen molar-refractivity contribution >= 4 is 0 Å². The van der Waals surface area contributed by atoms with Crippen LogP contribution >= 0.6 is 0 Å². The Morgan fingerprint density at radius 3 is 2.75 bits per heavy atom. The summed E-state index contributed by atoms with van der Waals surface area (Å²) in [6.07, 6.45) is 6.78. The highest BCUT2D eigenvalue weighted by Gasteiger charge is 2.10. The third-order valence-electron chi connectivity index (χ3n) is 2.86. The average Bonchev–Trinajstić information content (AvgIpc) is 2.81. The topological polar surface area (TPSA) is 21.3 Å². The van der Waals surface area contributed by atoms with Gasteiger partial charge in [0.1, 0.15) is 5.75 Å². The summed E-state index contributed by atoms with van der Waals surface area (Å²) < 4.78 is 5.60. The zero-order chi connectivity index (χ0) is 11.2. The van der Waals surface area contributed by atoms with E-state index in [1.807, 2.05) is 19.1 Å². The molecule has 2 nitrogen and oxygen atoms in total. The van der Waals surface area contributed by atoms with E-state index in [0.717, 1.165) is 31.7 Å². The standard InChI is InChI=1S/C14H19NO/c1-2-16-14-10-6-3-7-12(14)11-15-13-8-4-5-9-13/h3-7,10,13,15H,2,8-9,11H2,1H3. The number of para-hydroxylation sites is 1. The average molecular weight is 217 g/mol. The Morgan fingerprint density at radius 1 is 1.25 bits per heavy atom. The van der Waals surface area contributed by atoms with Crippen LogP contribution in [0.5, 0.6) is 5.75 Å². The van der Waals surface area contributed by atoms with Gasteiger partial charge in [0.25, 0.3) is 0 Å². The van der Waals surface area contributed by atoms with Crippen molar-refractivity contribution in [1.82, 2.24) is 5.32 Å². The van der Waals surface area contributed by atoms with Gasteiger partial charge in [-0.25, -0.2) is 0 Å². The largest absolute Gasteiger partial charge is 0.494 e. The molecule has 0 aliphatic heterocycles. The first-order chi connectivity index (χ1) is 7.90. The van der Waals surface area contributed by atoms with Gasteiger partial charge in [0.2, 0.25) is 0 Å². The van der Waals surface area contributed by atoms with E-state index in [-0.39, 0.29) is 0 Å². The first kappa shape index (κ1) is 11.2. The van der Waals surface area contributed by atoms with Crippen LogP contribution in [-0.2, 0) is 6.54 Å². The summed E-state index contributed by atoms with van der Waals surface area (Å²) >= 11 is 0. The lowest BCUT2D eigenvalue weighted by Crippen LogP contribution is -2.25.